The first-order valence-corrected chi connectivity index (χ1v) is 8.14. The number of benzene rings is 1. The van der Waals surface area contributed by atoms with Crippen LogP contribution in [0.15, 0.2) is 34.7 Å². The molecule has 3 rings (SSSR count). The Hall–Kier alpha value is -2.21. The Labute approximate surface area is 136 Å². The molecule has 1 aromatic heterocycles. The zero-order chi connectivity index (χ0) is 16.1. The van der Waals surface area contributed by atoms with Gasteiger partial charge in [-0.15, -0.1) is 10.2 Å². The first kappa shape index (κ1) is 15.7. The molecule has 1 aliphatic heterocycles. The second-order valence-electron chi connectivity index (χ2n) is 5.69. The van der Waals surface area contributed by atoms with E-state index in [1.54, 1.807) is 0 Å². The number of amides is 1. The van der Waals surface area contributed by atoms with Crippen LogP contribution in [0.4, 0.5) is 0 Å². The smallest absolute Gasteiger partial charge is 0.247 e. The summed E-state index contributed by atoms with van der Waals surface area (Å²) < 4.78 is 5.72. The molecule has 6 heteroatoms. The van der Waals surface area contributed by atoms with Gasteiger partial charge in [0.15, 0.2) is 0 Å². The van der Waals surface area contributed by atoms with Crippen molar-refractivity contribution in [1.82, 2.24) is 20.0 Å². The van der Waals surface area contributed by atoms with Crippen molar-refractivity contribution < 1.29 is 9.21 Å². The topological polar surface area (TPSA) is 62.5 Å². The Balaban J connectivity index is 1.48. The molecule has 6 nitrogen and oxygen atoms in total. The lowest BCUT2D eigenvalue weighted by Gasteiger charge is -2.34. The molecule has 122 valence electrons. The molecule has 0 atom stereocenters. The molecule has 0 N–H and O–H groups in total. The van der Waals surface area contributed by atoms with Crippen LogP contribution in [-0.4, -0.2) is 58.6 Å². The molecule has 2 heterocycles. The van der Waals surface area contributed by atoms with Crippen LogP contribution in [0, 0.1) is 0 Å². The van der Waals surface area contributed by atoms with Gasteiger partial charge in [0.2, 0.25) is 17.7 Å². The van der Waals surface area contributed by atoms with Gasteiger partial charge in [0.1, 0.15) is 0 Å². The van der Waals surface area contributed by atoms with Crippen LogP contribution in [0.3, 0.4) is 0 Å². The normalized spacial score (nSPS) is 15.8. The van der Waals surface area contributed by atoms with Crippen LogP contribution in [0.1, 0.15) is 19.2 Å². The number of rotatable bonds is 5. The fourth-order valence-corrected chi connectivity index (χ4v) is 2.75. The molecule has 1 fully saturated rings. The van der Waals surface area contributed by atoms with Gasteiger partial charge in [0, 0.05) is 51.1 Å². The van der Waals surface area contributed by atoms with E-state index >= 15 is 0 Å². The minimum atomic E-state index is 0.244. The highest BCUT2D eigenvalue weighted by Crippen LogP contribution is 2.17. The fraction of sp³-hybridized carbons (Fsp3) is 0.471. The molecule has 0 radical (unpaired) electrons. The van der Waals surface area contributed by atoms with Crippen LogP contribution in [0.2, 0.25) is 0 Å². The second-order valence-corrected chi connectivity index (χ2v) is 5.69. The fourth-order valence-electron chi connectivity index (χ4n) is 2.75. The van der Waals surface area contributed by atoms with Crippen molar-refractivity contribution in [2.45, 2.75) is 19.8 Å². The summed E-state index contributed by atoms with van der Waals surface area (Å²) in [6.07, 6.45) is 1.33. The monoisotopic (exact) mass is 314 g/mol. The number of nitrogens with zero attached hydrogens (tertiary/aromatic N) is 4. The number of piperazine rings is 1. The molecule has 2 aromatic rings. The predicted octanol–water partition coefficient (Wildman–Crippen LogP) is 1.83. The van der Waals surface area contributed by atoms with Gasteiger partial charge in [0.25, 0.3) is 0 Å². The molecular formula is C17H22N4O2. The van der Waals surface area contributed by atoms with Crippen molar-refractivity contribution in [2.75, 3.05) is 32.7 Å². The summed E-state index contributed by atoms with van der Waals surface area (Å²) >= 11 is 0. The van der Waals surface area contributed by atoms with E-state index in [1.165, 1.54) is 0 Å². The van der Waals surface area contributed by atoms with Crippen molar-refractivity contribution in [1.29, 1.82) is 0 Å². The summed E-state index contributed by atoms with van der Waals surface area (Å²) in [7, 11) is 0. The van der Waals surface area contributed by atoms with E-state index in [0.29, 0.717) is 18.2 Å². The molecule has 1 aliphatic rings. The maximum Gasteiger partial charge on any atom is 0.247 e. The summed E-state index contributed by atoms with van der Waals surface area (Å²) in [4.78, 5) is 15.9. The van der Waals surface area contributed by atoms with E-state index in [2.05, 4.69) is 15.1 Å². The number of carbonyl (C=O) groups is 1. The lowest BCUT2D eigenvalue weighted by molar-refractivity contribution is -0.132. The lowest BCUT2D eigenvalue weighted by atomic mass is 10.2. The number of hydrogen-bond donors (Lipinski definition) is 0. The summed E-state index contributed by atoms with van der Waals surface area (Å²) in [6.45, 7) is 6.23. The van der Waals surface area contributed by atoms with E-state index in [0.717, 1.165) is 44.7 Å². The third-order valence-electron chi connectivity index (χ3n) is 4.16. The second kappa shape index (κ2) is 7.37. The van der Waals surface area contributed by atoms with E-state index in [9.17, 15) is 4.79 Å². The highest BCUT2D eigenvalue weighted by molar-refractivity contribution is 5.75. The van der Waals surface area contributed by atoms with Crippen LogP contribution in [0.5, 0.6) is 0 Å². The molecule has 1 aromatic carbocycles. The average molecular weight is 314 g/mol. The molecule has 0 saturated carbocycles. The minimum absolute atomic E-state index is 0.244. The van der Waals surface area contributed by atoms with Gasteiger partial charge >= 0.3 is 0 Å². The van der Waals surface area contributed by atoms with Gasteiger partial charge in [-0.25, -0.2) is 0 Å². The third kappa shape index (κ3) is 3.96. The Morgan fingerprint density at radius 3 is 2.57 bits per heavy atom. The Kier molecular flexibility index (Phi) is 5.02. The highest BCUT2D eigenvalue weighted by atomic mass is 16.4. The number of carbonyl (C=O) groups excluding carboxylic acids is 1. The Morgan fingerprint density at radius 1 is 1.13 bits per heavy atom. The average Bonchev–Trinajstić information content (AvgIpc) is 3.09. The van der Waals surface area contributed by atoms with Gasteiger partial charge in [-0.1, -0.05) is 25.1 Å². The first-order chi connectivity index (χ1) is 11.3. The van der Waals surface area contributed by atoms with Crippen LogP contribution >= 0.6 is 0 Å². The van der Waals surface area contributed by atoms with Crippen LogP contribution < -0.4 is 0 Å². The molecule has 0 bridgehead atoms. The zero-order valence-corrected chi connectivity index (χ0v) is 13.4. The molecular weight excluding hydrogens is 292 g/mol. The summed E-state index contributed by atoms with van der Waals surface area (Å²) in [6, 6.07) is 9.79. The lowest BCUT2D eigenvalue weighted by Crippen LogP contribution is -2.48. The molecule has 0 aliphatic carbocycles. The predicted molar refractivity (Wildman–Crippen MR) is 86.7 cm³/mol. The van der Waals surface area contributed by atoms with Crippen molar-refractivity contribution in [3.63, 3.8) is 0 Å². The summed E-state index contributed by atoms with van der Waals surface area (Å²) in [5, 5.41) is 8.23. The van der Waals surface area contributed by atoms with Crippen LogP contribution in [-0.2, 0) is 11.2 Å². The molecule has 1 amide bonds. The quantitative estimate of drug-likeness (QED) is 0.842. The maximum atomic E-state index is 11.7. The van der Waals surface area contributed by atoms with E-state index in [4.69, 9.17) is 4.42 Å². The van der Waals surface area contributed by atoms with Crippen molar-refractivity contribution in [2.24, 2.45) is 0 Å². The van der Waals surface area contributed by atoms with Crippen molar-refractivity contribution in [3.05, 3.63) is 36.2 Å². The molecule has 23 heavy (non-hydrogen) atoms. The zero-order valence-electron chi connectivity index (χ0n) is 13.4. The minimum Gasteiger partial charge on any atom is -0.421 e. The first-order valence-electron chi connectivity index (χ1n) is 8.14. The van der Waals surface area contributed by atoms with E-state index < -0.39 is 0 Å². The standard InChI is InChI=1S/C17H22N4O2/c1-2-16(22)21-12-10-20(11-13-21)9-8-15-18-19-17(23-15)14-6-4-3-5-7-14/h3-7H,2,8-13H2,1H3. The Morgan fingerprint density at radius 2 is 1.87 bits per heavy atom. The van der Waals surface area contributed by atoms with E-state index in [-0.39, 0.29) is 5.91 Å². The summed E-state index contributed by atoms with van der Waals surface area (Å²) in [5.74, 6) is 1.48. The van der Waals surface area contributed by atoms with Gasteiger partial charge in [-0.3, -0.25) is 9.69 Å². The van der Waals surface area contributed by atoms with E-state index in [1.807, 2.05) is 42.2 Å². The van der Waals surface area contributed by atoms with Gasteiger partial charge < -0.3 is 9.32 Å². The molecule has 0 spiro atoms. The molecule has 1 saturated heterocycles. The molecule has 0 unspecified atom stereocenters. The van der Waals surface area contributed by atoms with Gasteiger partial charge in [-0.2, -0.15) is 0 Å². The van der Waals surface area contributed by atoms with Gasteiger partial charge in [-0.05, 0) is 12.1 Å². The van der Waals surface area contributed by atoms with Gasteiger partial charge in [0.05, 0.1) is 0 Å². The maximum absolute atomic E-state index is 11.7. The highest BCUT2D eigenvalue weighted by Gasteiger charge is 2.20. The summed E-state index contributed by atoms with van der Waals surface area (Å²) in [5.41, 5.74) is 0.943. The third-order valence-corrected chi connectivity index (χ3v) is 4.16. The van der Waals surface area contributed by atoms with Crippen LogP contribution in [0.25, 0.3) is 11.5 Å². The number of aromatic nitrogens is 2. The SMILES string of the molecule is CCC(=O)N1CCN(CCc2nnc(-c3ccccc3)o2)CC1. The number of hydrogen-bond acceptors (Lipinski definition) is 5. The van der Waals surface area contributed by atoms with Crippen molar-refractivity contribution >= 4 is 5.91 Å². The largest absolute Gasteiger partial charge is 0.421 e. The Bertz CT molecular complexity index is 633. The van der Waals surface area contributed by atoms with Crippen molar-refractivity contribution in [3.8, 4) is 11.5 Å².